The molecule has 1 aliphatic carbocycles. The van der Waals surface area contributed by atoms with Crippen LogP contribution in [0.5, 0.6) is 5.75 Å². The number of carbonyl (C=O) groups is 1. The van der Waals surface area contributed by atoms with Crippen LogP contribution < -0.4 is 10.1 Å². The monoisotopic (exact) mass is 593 g/mol. The van der Waals surface area contributed by atoms with E-state index < -0.39 is 0 Å². The van der Waals surface area contributed by atoms with Crippen LogP contribution in [0.15, 0.2) is 29.4 Å². The van der Waals surface area contributed by atoms with Crippen LogP contribution >= 0.6 is 23.1 Å². The number of carbonyl (C=O) groups excluding carboxylic acids is 1. The first kappa shape index (κ1) is 31.1. The van der Waals surface area contributed by atoms with E-state index >= 15 is 0 Å². The fraction of sp³-hybridized carbons (Fsp3) is 0.562. The van der Waals surface area contributed by atoms with Crippen molar-refractivity contribution in [2.45, 2.75) is 104 Å². The summed E-state index contributed by atoms with van der Waals surface area (Å²) in [6.45, 7) is 18.1. The lowest BCUT2D eigenvalue weighted by Crippen LogP contribution is -2.28. The normalized spacial score (nSPS) is 16.1. The van der Waals surface area contributed by atoms with Gasteiger partial charge in [-0.25, -0.2) is 0 Å². The number of benzene rings is 1. The highest BCUT2D eigenvalue weighted by Gasteiger charge is 2.34. The van der Waals surface area contributed by atoms with Gasteiger partial charge in [-0.3, -0.25) is 4.79 Å². The van der Waals surface area contributed by atoms with Gasteiger partial charge in [0.05, 0.1) is 11.3 Å². The quantitative estimate of drug-likeness (QED) is 0.240. The zero-order valence-electron chi connectivity index (χ0n) is 25.6. The second kappa shape index (κ2) is 12.6. The van der Waals surface area contributed by atoms with Crippen molar-refractivity contribution in [1.29, 1.82) is 5.26 Å². The summed E-state index contributed by atoms with van der Waals surface area (Å²) in [4.78, 5) is 14.2. The van der Waals surface area contributed by atoms with E-state index in [1.54, 1.807) is 11.3 Å². The third-order valence-corrected chi connectivity index (χ3v) is 10.6. The van der Waals surface area contributed by atoms with E-state index in [4.69, 9.17) is 4.74 Å². The molecule has 0 bridgehead atoms. The molecular formula is C32H43N5O2S2. The Labute approximate surface area is 253 Å². The highest BCUT2D eigenvalue weighted by atomic mass is 32.2. The molecule has 7 nitrogen and oxygen atoms in total. The standard InChI is InChI=1S/C32H43N5O2S2/c1-9-32(7,8)22-13-16-24-25(18-33)29(41-26(24)17-22)34-27(38)19-40-30-36-35-28(37(30)10-2)20(3)39-23-14-11-21(12-15-23)31(4,5)6/h11-12,14-15,20,22H,9-10,13,16-17,19H2,1-8H3,(H,34,38). The van der Waals surface area contributed by atoms with E-state index in [1.165, 1.54) is 22.2 Å². The SMILES string of the molecule is CCn1c(SCC(=O)Nc2sc3c(c2C#N)CCC(C(C)(C)CC)C3)nnc1C(C)Oc1ccc(C(C)(C)C)cc1. The minimum atomic E-state index is -0.303. The Kier molecular flexibility index (Phi) is 9.55. The molecule has 2 aromatic heterocycles. The maximum absolute atomic E-state index is 13.0. The first-order valence-corrected chi connectivity index (χ1v) is 16.4. The minimum Gasteiger partial charge on any atom is -0.483 e. The van der Waals surface area contributed by atoms with E-state index in [1.807, 2.05) is 30.5 Å². The van der Waals surface area contributed by atoms with Crippen molar-refractivity contribution in [3.63, 3.8) is 0 Å². The lowest BCUT2D eigenvalue weighted by molar-refractivity contribution is -0.113. The van der Waals surface area contributed by atoms with Crippen molar-refractivity contribution in [2.75, 3.05) is 11.1 Å². The number of rotatable bonds is 10. The Balaban J connectivity index is 1.39. The topological polar surface area (TPSA) is 92.8 Å². The average Bonchev–Trinajstić information content (AvgIpc) is 3.51. The molecule has 1 N–H and O–H groups in total. The zero-order valence-corrected chi connectivity index (χ0v) is 27.3. The van der Waals surface area contributed by atoms with E-state index in [0.717, 1.165) is 42.8 Å². The molecular weight excluding hydrogens is 551 g/mol. The second-order valence-electron chi connectivity index (χ2n) is 12.6. The number of anilines is 1. The maximum atomic E-state index is 13.0. The van der Waals surface area contributed by atoms with Gasteiger partial charge in [0.25, 0.3) is 0 Å². The van der Waals surface area contributed by atoms with Crippen molar-refractivity contribution in [1.82, 2.24) is 14.8 Å². The molecule has 2 atom stereocenters. The molecule has 1 amide bonds. The summed E-state index contributed by atoms with van der Waals surface area (Å²) in [7, 11) is 0. The van der Waals surface area contributed by atoms with Gasteiger partial charge < -0.3 is 14.6 Å². The van der Waals surface area contributed by atoms with Crippen molar-refractivity contribution >= 4 is 34.0 Å². The van der Waals surface area contributed by atoms with E-state index in [2.05, 4.69) is 75.3 Å². The summed E-state index contributed by atoms with van der Waals surface area (Å²) in [5.74, 6) is 2.12. The van der Waals surface area contributed by atoms with Crippen molar-refractivity contribution in [3.05, 3.63) is 51.7 Å². The fourth-order valence-electron chi connectivity index (χ4n) is 5.34. The summed E-state index contributed by atoms with van der Waals surface area (Å²) < 4.78 is 8.18. The molecule has 1 aliphatic rings. The van der Waals surface area contributed by atoms with E-state index in [-0.39, 0.29) is 28.6 Å². The molecule has 3 aromatic rings. The van der Waals surface area contributed by atoms with Crippen LogP contribution in [0.4, 0.5) is 5.00 Å². The van der Waals surface area contributed by atoms with Crippen LogP contribution in [0.3, 0.4) is 0 Å². The lowest BCUT2D eigenvalue weighted by Gasteiger charge is -2.36. The van der Waals surface area contributed by atoms with Crippen molar-refractivity contribution < 1.29 is 9.53 Å². The van der Waals surface area contributed by atoms with Crippen LogP contribution in [-0.4, -0.2) is 26.4 Å². The van der Waals surface area contributed by atoms with Gasteiger partial charge in [0.2, 0.25) is 5.91 Å². The number of nitriles is 1. The smallest absolute Gasteiger partial charge is 0.235 e. The molecule has 220 valence electrons. The molecule has 2 heterocycles. The van der Waals surface area contributed by atoms with Gasteiger partial charge in [-0.2, -0.15) is 5.26 Å². The number of nitrogens with one attached hydrogen (secondary N) is 1. The number of amides is 1. The summed E-state index contributed by atoms with van der Waals surface area (Å²) >= 11 is 2.92. The molecule has 0 saturated carbocycles. The van der Waals surface area contributed by atoms with Crippen LogP contribution in [-0.2, 0) is 29.6 Å². The fourth-order valence-corrected chi connectivity index (χ4v) is 7.44. The van der Waals surface area contributed by atoms with Crippen LogP contribution in [0, 0.1) is 22.7 Å². The van der Waals surface area contributed by atoms with Gasteiger partial charge >= 0.3 is 0 Å². The molecule has 4 rings (SSSR count). The number of nitrogens with zero attached hydrogens (tertiary/aromatic N) is 4. The van der Waals surface area contributed by atoms with E-state index in [9.17, 15) is 10.1 Å². The lowest BCUT2D eigenvalue weighted by atomic mass is 9.69. The van der Waals surface area contributed by atoms with Crippen LogP contribution in [0.1, 0.15) is 102 Å². The Bertz CT molecular complexity index is 1410. The number of thioether (sulfide) groups is 1. The number of thiophene rings is 1. The predicted molar refractivity (Wildman–Crippen MR) is 168 cm³/mol. The number of ether oxygens (including phenoxy) is 1. The molecule has 0 spiro atoms. The Morgan fingerprint density at radius 3 is 2.54 bits per heavy atom. The number of hydrogen-bond donors (Lipinski definition) is 1. The average molecular weight is 594 g/mol. The molecule has 9 heteroatoms. The van der Waals surface area contributed by atoms with Crippen molar-refractivity contribution in [2.24, 2.45) is 11.3 Å². The van der Waals surface area contributed by atoms with Gasteiger partial charge in [-0.1, -0.05) is 71.9 Å². The van der Waals surface area contributed by atoms with Gasteiger partial charge in [0.15, 0.2) is 17.1 Å². The third kappa shape index (κ3) is 6.98. The maximum Gasteiger partial charge on any atom is 0.235 e. The summed E-state index contributed by atoms with van der Waals surface area (Å²) in [5, 5.41) is 23.0. The van der Waals surface area contributed by atoms with Gasteiger partial charge in [0.1, 0.15) is 16.8 Å². The first-order chi connectivity index (χ1) is 19.4. The van der Waals surface area contributed by atoms with E-state index in [0.29, 0.717) is 28.2 Å². The summed E-state index contributed by atoms with van der Waals surface area (Å²) in [6, 6.07) is 10.5. The second-order valence-corrected chi connectivity index (χ2v) is 14.6. The molecule has 0 saturated heterocycles. The minimum absolute atomic E-state index is 0.0822. The number of fused-ring (bicyclic) bond motifs is 1. The Morgan fingerprint density at radius 2 is 1.93 bits per heavy atom. The molecule has 2 unspecified atom stereocenters. The molecule has 41 heavy (non-hydrogen) atoms. The Morgan fingerprint density at radius 1 is 1.22 bits per heavy atom. The highest BCUT2D eigenvalue weighted by molar-refractivity contribution is 7.99. The van der Waals surface area contributed by atoms with Crippen LogP contribution in [0.25, 0.3) is 0 Å². The van der Waals surface area contributed by atoms with Gasteiger partial charge in [-0.05, 0) is 73.1 Å². The van der Waals surface area contributed by atoms with Crippen LogP contribution in [0.2, 0.25) is 0 Å². The van der Waals surface area contributed by atoms with Gasteiger partial charge in [-0.15, -0.1) is 21.5 Å². The summed E-state index contributed by atoms with van der Waals surface area (Å²) in [6.07, 6.45) is 3.79. The number of hydrogen-bond acceptors (Lipinski definition) is 7. The molecule has 0 aliphatic heterocycles. The number of aromatic nitrogens is 3. The first-order valence-electron chi connectivity index (χ1n) is 14.6. The largest absolute Gasteiger partial charge is 0.483 e. The predicted octanol–water partition coefficient (Wildman–Crippen LogP) is 7.94. The molecule has 0 radical (unpaired) electrons. The summed E-state index contributed by atoms with van der Waals surface area (Å²) in [5.41, 5.74) is 3.36. The van der Waals surface area contributed by atoms with Gasteiger partial charge in [0, 0.05) is 11.4 Å². The van der Waals surface area contributed by atoms with Crippen molar-refractivity contribution in [3.8, 4) is 11.8 Å². The molecule has 1 aromatic carbocycles. The highest BCUT2D eigenvalue weighted by Crippen LogP contribution is 2.45. The third-order valence-electron chi connectivity index (χ3n) is 8.44. The zero-order chi connectivity index (χ0) is 29.9. The molecule has 0 fully saturated rings. The Hall–Kier alpha value is -2.83.